The topological polar surface area (TPSA) is 62.3 Å². The molecule has 1 atom stereocenters. The number of hydrogen-bond donors (Lipinski definition) is 1. The highest BCUT2D eigenvalue weighted by atomic mass is 32.2. The van der Waals surface area contributed by atoms with Gasteiger partial charge in [-0.3, -0.25) is 9.59 Å². The van der Waals surface area contributed by atoms with Crippen LogP contribution < -0.4 is 10.2 Å². The number of aromatic nitrogens is 1. The summed E-state index contributed by atoms with van der Waals surface area (Å²) in [7, 11) is 0. The molecule has 2 aliphatic rings. The molecule has 3 rings (SSSR count). The molecule has 2 heterocycles. The van der Waals surface area contributed by atoms with E-state index in [1.54, 1.807) is 11.1 Å². The SMILES string of the molecule is CCCN1C(=O)[C@H](CC(=O)NC2CCCC2)Sc2ncccc21. The summed E-state index contributed by atoms with van der Waals surface area (Å²) in [6.45, 7) is 2.71. The van der Waals surface area contributed by atoms with Crippen LogP contribution in [0, 0.1) is 0 Å². The molecule has 2 amide bonds. The van der Waals surface area contributed by atoms with E-state index in [0.29, 0.717) is 12.6 Å². The maximum absolute atomic E-state index is 12.7. The van der Waals surface area contributed by atoms with Gasteiger partial charge >= 0.3 is 0 Å². The summed E-state index contributed by atoms with van der Waals surface area (Å²) < 4.78 is 0. The van der Waals surface area contributed by atoms with Gasteiger partial charge in [0.2, 0.25) is 11.8 Å². The lowest BCUT2D eigenvalue weighted by Gasteiger charge is -2.32. The van der Waals surface area contributed by atoms with Crippen molar-refractivity contribution in [1.82, 2.24) is 10.3 Å². The molecule has 1 N–H and O–H groups in total. The van der Waals surface area contributed by atoms with Crippen molar-refractivity contribution < 1.29 is 9.59 Å². The molecule has 0 unspecified atom stereocenters. The van der Waals surface area contributed by atoms with Gasteiger partial charge in [-0.25, -0.2) is 4.98 Å². The molecule has 1 fully saturated rings. The van der Waals surface area contributed by atoms with E-state index < -0.39 is 0 Å². The van der Waals surface area contributed by atoms with Gasteiger partial charge in [-0.15, -0.1) is 0 Å². The van der Waals surface area contributed by atoms with Crippen LogP contribution in [-0.4, -0.2) is 34.6 Å². The van der Waals surface area contributed by atoms with E-state index in [9.17, 15) is 9.59 Å². The van der Waals surface area contributed by atoms with Gasteiger partial charge in [-0.2, -0.15) is 0 Å². The Morgan fingerprint density at radius 2 is 2.22 bits per heavy atom. The van der Waals surface area contributed by atoms with Crippen molar-refractivity contribution in [3.05, 3.63) is 18.3 Å². The van der Waals surface area contributed by atoms with Gasteiger partial charge in [-0.05, 0) is 31.4 Å². The van der Waals surface area contributed by atoms with Gasteiger partial charge in [0.1, 0.15) is 5.03 Å². The molecular weight excluding hydrogens is 310 g/mol. The summed E-state index contributed by atoms with van der Waals surface area (Å²) in [6.07, 6.45) is 7.34. The van der Waals surface area contributed by atoms with E-state index in [2.05, 4.69) is 10.3 Å². The van der Waals surface area contributed by atoms with Crippen molar-refractivity contribution in [3.8, 4) is 0 Å². The number of nitrogens with zero attached hydrogens (tertiary/aromatic N) is 2. The predicted octanol–water partition coefficient (Wildman–Crippen LogP) is 2.75. The normalized spacial score (nSPS) is 21.3. The maximum Gasteiger partial charge on any atom is 0.241 e. The Morgan fingerprint density at radius 3 is 2.96 bits per heavy atom. The molecule has 0 bridgehead atoms. The summed E-state index contributed by atoms with van der Waals surface area (Å²) in [4.78, 5) is 31.2. The third-order valence-electron chi connectivity index (χ3n) is 4.38. The molecule has 23 heavy (non-hydrogen) atoms. The van der Waals surface area contributed by atoms with Gasteiger partial charge in [-0.1, -0.05) is 31.5 Å². The first kappa shape index (κ1) is 16.3. The lowest BCUT2D eigenvalue weighted by Crippen LogP contribution is -2.44. The van der Waals surface area contributed by atoms with Crippen LogP contribution in [0.3, 0.4) is 0 Å². The van der Waals surface area contributed by atoms with Crippen LogP contribution in [0.1, 0.15) is 45.4 Å². The highest BCUT2D eigenvalue weighted by Crippen LogP contribution is 2.38. The zero-order chi connectivity index (χ0) is 16.2. The number of hydrogen-bond acceptors (Lipinski definition) is 4. The molecule has 1 saturated carbocycles. The van der Waals surface area contributed by atoms with Crippen molar-refractivity contribution in [3.63, 3.8) is 0 Å². The third kappa shape index (κ3) is 3.68. The number of pyridine rings is 1. The molecule has 0 aromatic carbocycles. The summed E-state index contributed by atoms with van der Waals surface area (Å²) >= 11 is 1.42. The summed E-state index contributed by atoms with van der Waals surface area (Å²) in [5, 5.41) is 3.55. The number of thioether (sulfide) groups is 1. The number of fused-ring (bicyclic) bond motifs is 1. The molecule has 5 nitrogen and oxygen atoms in total. The smallest absolute Gasteiger partial charge is 0.241 e. The van der Waals surface area contributed by atoms with Crippen LogP contribution >= 0.6 is 11.8 Å². The molecule has 1 aromatic rings. The number of rotatable bonds is 5. The number of nitrogens with one attached hydrogen (secondary N) is 1. The Balaban J connectivity index is 1.70. The average molecular weight is 333 g/mol. The largest absolute Gasteiger partial charge is 0.353 e. The Kier molecular flexibility index (Phi) is 5.20. The molecule has 1 aliphatic carbocycles. The van der Waals surface area contributed by atoms with Crippen molar-refractivity contribution in [2.75, 3.05) is 11.4 Å². The lowest BCUT2D eigenvalue weighted by atomic mass is 10.2. The van der Waals surface area contributed by atoms with E-state index in [0.717, 1.165) is 30.0 Å². The highest BCUT2D eigenvalue weighted by molar-refractivity contribution is 8.00. The minimum atomic E-state index is -0.370. The van der Waals surface area contributed by atoms with Crippen LogP contribution in [0.5, 0.6) is 0 Å². The van der Waals surface area contributed by atoms with Gasteiger partial charge in [0.25, 0.3) is 0 Å². The second kappa shape index (κ2) is 7.34. The Bertz CT molecular complexity index is 587. The van der Waals surface area contributed by atoms with Crippen LogP contribution in [0.25, 0.3) is 0 Å². The molecule has 124 valence electrons. The number of carbonyl (C=O) groups is 2. The minimum Gasteiger partial charge on any atom is -0.353 e. The van der Waals surface area contributed by atoms with Gasteiger partial charge in [0.15, 0.2) is 0 Å². The Labute approximate surface area is 141 Å². The fraction of sp³-hybridized carbons (Fsp3) is 0.588. The Morgan fingerprint density at radius 1 is 1.43 bits per heavy atom. The fourth-order valence-electron chi connectivity index (χ4n) is 3.26. The van der Waals surface area contributed by atoms with Crippen molar-refractivity contribution in [1.29, 1.82) is 0 Å². The molecule has 1 aliphatic heterocycles. The van der Waals surface area contributed by atoms with E-state index in [-0.39, 0.29) is 23.5 Å². The molecule has 0 saturated heterocycles. The molecule has 6 heteroatoms. The second-order valence-corrected chi connectivity index (χ2v) is 7.37. The first-order valence-corrected chi connectivity index (χ1v) is 9.29. The highest BCUT2D eigenvalue weighted by Gasteiger charge is 2.35. The van der Waals surface area contributed by atoms with Crippen LogP contribution in [-0.2, 0) is 9.59 Å². The van der Waals surface area contributed by atoms with Gasteiger partial charge in [0, 0.05) is 25.2 Å². The summed E-state index contributed by atoms with van der Waals surface area (Å²) in [6, 6.07) is 4.07. The van der Waals surface area contributed by atoms with E-state index in [4.69, 9.17) is 0 Å². The zero-order valence-corrected chi connectivity index (χ0v) is 14.3. The van der Waals surface area contributed by atoms with E-state index >= 15 is 0 Å². The van der Waals surface area contributed by atoms with Crippen LogP contribution in [0.4, 0.5) is 5.69 Å². The summed E-state index contributed by atoms with van der Waals surface area (Å²) in [5.41, 5.74) is 0.872. The van der Waals surface area contributed by atoms with Crippen molar-refractivity contribution in [2.45, 2.75) is 61.8 Å². The zero-order valence-electron chi connectivity index (χ0n) is 13.5. The number of carbonyl (C=O) groups excluding carboxylic acids is 2. The monoisotopic (exact) mass is 333 g/mol. The average Bonchev–Trinajstić information content (AvgIpc) is 3.04. The maximum atomic E-state index is 12.7. The molecular formula is C17H23N3O2S. The second-order valence-electron chi connectivity index (χ2n) is 6.18. The first-order valence-electron chi connectivity index (χ1n) is 8.41. The van der Waals surface area contributed by atoms with Crippen LogP contribution in [0.2, 0.25) is 0 Å². The van der Waals surface area contributed by atoms with Crippen LogP contribution in [0.15, 0.2) is 23.4 Å². The standard InChI is InChI=1S/C17H23N3O2S/c1-2-10-20-13-8-5-9-18-16(13)23-14(17(20)22)11-15(21)19-12-6-3-4-7-12/h5,8-9,12,14H,2-4,6-7,10-11H2,1H3,(H,19,21)/t14-/m0/s1. The molecule has 0 spiro atoms. The van der Waals surface area contributed by atoms with Crippen molar-refractivity contribution >= 4 is 29.3 Å². The first-order chi connectivity index (χ1) is 11.2. The molecule has 1 aromatic heterocycles. The number of anilines is 1. The van der Waals surface area contributed by atoms with Gasteiger partial charge in [0.05, 0.1) is 10.9 Å². The molecule has 0 radical (unpaired) electrons. The minimum absolute atomic E-state index is 0.0152. The number of amides is 2. The van der Waals surface area contributed by atoms with E-state index in [1.807, 2.05) is 19.1 Å². The third-order valence-corrected chi connectivity index (χ3v) is 5.57. The quantitative estimate of drug-likeness (QED) is 0.900. The van der Waals surface area contributed by atoms with Crippen molar-refractivity contribution in [2.24, 2.45) is 0 Å². The summed E-state index contributed by atoms with van der Waals surface area (Å²) in [5.74, 6) is 0.0116. The van der Waals surface area contributed by atoms with E-state index in [1.165, 1.54) is 24.6 Å². The lowest BCUT2D eigenvalue weighted by molar-refractivity contribution is -0.125. The Hall–Kier alpha value is -1.56. The van der Waals surface area contributed by atoms with Gasteiger partial charge < -0.3 is 10.2 Å². The predicted molar refractivity (Wildman–Crippen MR) is 91.5 cm³/mol. The fourth-order valence-corrected chi connectivity index (χ4v) is 4.42.